The van der Waals surface area contributed by atoms with Gasteiger partial charge in [0.25, 0.3) is 0 Å². The number of aromatic carboxylic acids is 1. The molecule has 0 unspecified atom stereocenters. The van der Waals surface area contributed by atoms with Gasteiger partial charge in [-0.3, -0.25) is 4.90 Å². The lowest BCUT2D eigenvalue weighted by atomic mass is 10.1. The quantitative estimate of drug-likeness (QED) is 0.854. The molecule has 0 saturated carbocycles. The van der Waals surface area contributed by atoms with Gasteiger partial charge in [-0.25, -0.2) is 13.2 Å². The van der Waals surface area contributed by atoms with Gasteiger partial charge in [0.1, 0.15) is 0 Å². The maximum Gasteiger partial charge on any atom is 0.335 e. The average molecular weight is 340 g/mol. The fourth-order valence-corrected chi connectivity index (χ4v) is 4.74. The van der Waals surface area contributed by atoms with Crippen molar-refractivity contribution in [1.29, 1.82) is 0 Å². The second-order valence-corrected chi connectivity index (χ2v) is 8.09. The van der Waals surface area contributed by atoms with Gasteiger partial charge >= 0.3 is 5.97 Å². The zero-order chi connectivity index (χ0) is 16.6. The molecule has 0 radical (unpaired) electrons. The Kier molecular flexibility index (Phi) is 4.41. The van der Waals surface area contributed by atoms with Crippen molar-refractivity contribution in [2.24, 2.45) is 5.92 Å². The molecule has 0 aliphatic carbocycles. The Labute approximate surface area is 135 Å². The van der Waals surface area contributed by atoms with E-state index in [0.717, 1.165) is 6.54 Å². The number of likely N-dealkylation sites (N-methyl/N-ethyl adjacent to an activating group) is 1. The van der Waals surface area contributed by atoms with E-state index in [1.54, 1.807) is 0 Å². The van der Waals surface area contributed by atoms with Gasteiger partial charge in [0.15, 0.2) is 0 Å². The zero-order valence-corrected chi connectivity index (χ0v) is 13.7. The number of hydrogen-bond acceptors (Lipinski definition) is 5. The Balaban J connectivity index is 1.93. The summed E-state index contributed by atoms with van der Waals surface area (Å²) >= 11 is 0. The lowest BCUT2D eigenvalue weighted by Gasteiger charge is -2.29. The number of fused-ring (bicyclic) bond motifs is 3. The molecule has 1 aromatic carbocycles. The van der Waals surface area contributed by atoms with E-state index in [-0.39, 0.29) is 22.4 Å². The molecule has 8 heteroatoms. The smallest absolute Gasteiger partial charge is 0.335 e. The molecule has 1 aromatic rings. The van der Waals surface area contributed by atoms with Crippen molar-refractivity contribution in [3.63, 3.8) is 0 Å². The predicted octanol–water partition coefficient (Wildman–Crippen LogP) is 0.336. The Hall–Kier alpha value is -1.48. The van der Waals surface area contributed by atoms with Crippen molar-refractivity contribution in [3.05, 3.63) is 29.8 Å². The van der Waals surface area contributed by atoms with Crippen molar-refractivity contribution in [2.45, 2.75) is 10.9 Å². The van der Waals surface area contributed by atoms with E-state index in [4.69, 9.17) is 9.84 Å². The van der Waals surface area contributed by atoms with Gasteiger partial charge in [0.05, 0.1) is 23.7 Å². The minimum absolute atomic E-state index is 0.0138. The molecule has 23 heavy (non-hydrogen) atoms. The number of benzene rings is 1. The largest absolute Gasteiger partial charge is 0.478 e. The van der Waals surface area contributed by atoms with Crippen LogP contribution in [0.25, 0.3) is 0 Å². The number of carboxylic acid groups (broad SMARTS) is 1. The highest BCUT2D eigenvalue weighted by atomic mass is 32.2. The van der Waals surface area contributed by atoms with Crippen LogP contribution in [-0.2, 0) is 14.8 Å². The Morgan fingerprint density at radius 1 is 1.26 bits per heavy atom. The molecule has 7 nitrogen and oxygen atoms in total. The van der Waals surface area contributed by atoms with Crippen molar-refractivity contribution in [3.8, 4) is 0 Å². The van der Waals surface area contributed by atoms with E-state index in [2.05, 4.69) is 4.90 Å². The molecular weight excluding hydrogens is 320 g/mol. The summed E-state index contributed by atoms with van der Waals surface area (Å²) in [5.41, 5.74) is -0.0263. The fraction of sp³-hybridized carbons (Fsp3) is 0.533. The lowest BCUT2D eigenvalue weighted by Crippen LogP contribution is -2.44. The minimum Gasteiger partial charge on any atom is -0.478 e. The van der Waals surface area contributed by atoms with Crippen molar-refractivity contribution in [2.75, 3.05) is 39.9 Å². The fourth-order valence-electron chi connectivity index (χ4n) is 3.14. The topological polar surface area (TPSA) is 87.2 Å². The second-order valence-electron chi connectivity index (χ2n) is 6.15. The first-order valence-electron chi connectivity index (χ1n) is 7.49. The number of ether oxygens (including phenoxy) is 1. The van der Waals surface area contributed by atoms with Gasteiger partial charge in [0, 0.05) is 31.6 Å². The van der Waals surface area contributed by atoms with E-state index >= 15 is 0 Å². The van der Waals surface area contributed by atoms with Crippen LogP contribution in [0.15, 0.2) is 29.2 Å². The molecule has 0 spiro atoms. The molecule has 3 rings (SSSR count). The van der Waals surface area contributed by atoms with Gasteiger partial charge < -0.3 is 9.84 Å². The number of sulfonamides is 1. The average Bonchev–Trinajstić information content (AvgIpc) is 2.76. The van der Waals surface area contributed by atoms with Crippen LogP contribution >= 0.6 is 0 Å². The molecule has 2 aliphatic rings. The molecule has 2 fully saturated rings. The summed E-state index contributed by atoms with van der Waals surface area (Å²) in [6, 6.07) is 5.53. The van der Waals surface area contributed by atoms with Crippen molar-refractivity contribution in [1.82, 2.24) is 9.21 Å². The molecule has 126 valence electrons. The van der Waals surface area contributed by atoms with E-state index in [1.165, 1.54) is 28.6 Å². The summed E-state index contributed by atoms with van der Waals surface area (Å²) in [6.45, 7) is 2.59. The van der Waals surface area contributed by atoms with Gasteiger partial charge in [-0.05, 0) is 25.2 Å². The summed E-state index contributed by atoms with van der Waals surface area (Å²) in [7, 11) is -1.74. The second kappa shape index (κ2) is 6.20. The SMILES string of the molecule is CN1C[C@H]2COC[C@@H]1CN(S(=O)(=O)c1cccc(C(=O)O)c1)C2. The number of nitrogens with zero attached hydrogens (tertiary/aromatic N) is 2. The Bertz CT molecular complexity index is 706. The first-order valence-corrected chi connectivity index (χ1v) is 8.93. The zero-order valence-electron chi connectivity index (χ0n) is 12.9. The highest BCUT2D eigenvalue weighted by Crippen LogP contribution is 2.24. The Morgan fingerprint density at radius 3 is 2.78 bits per heavy atom. The third kappa shape index (κ3) is 3.25. The standard InChI is InChI=1S/C15H20N2O5S/c1-16-6-11-7-17(8-13(16)10-22-9-11)23(20,21)14-4-2-3-12(5-14)15(18)19/h2-5,11,13H,6-10H2,1H3,(H,18,19)/t11-,13+/m1/s1. The third-order valence-corrected chi connectivity index (χ3v) is 6.26. The van der Waals surface area contributed by atoms with E-state index in [1.807, 2.05) is 7.05 Å². The van der Waals surface area contributed by atoms with E-state index < -0.39 is 16.0 Å². The predicted molar refractivity (Wildman–Crippen MR) is 82.9 cm³/mol. The monoisotopic (exact) mass is 340 g/mol. The molecule has 0 amide bonds. The summed E-state index contributed by atoms with van der Waals surface area (Å²) in [5.74, 6) is -1.02. The molecule has 2 saturated heterocycles. The highest BCUT2D eigenvalue weighted by molar-refractivity contribution is 7.89. The lowest BCUT2D eigenvalue weighted by molar-refractivity contribution is 0.0696. The van der Waals surface area contributed by atoms with Crippen LogP contribution in [0.1, 0.15) is 10.4 Å². The number of carboxylic acids is 1. The van der Waals surface area contributed by atoms with Crippen LogP contribution in [0, 0.1) is 5.92 Å². The number of hydrogen-bond donors (Lipinski definition) is 1. The molecule has 2 aliphatic heterocycles. The molecule has 2 heterocycles. The van der Waals surface area contributed by atoms with Crippen molar-refractivity contribution < 1.29 is 23.1 Å². The highest BCUT2D eigenvalue weighted by Gasteiger charge is 2.37. The summed E-state index contributed by atoms with van der Waals surface area (Å²) in [5, 5.41) is 9.06. The van der Waals surface area contributed by atoms with Crippen LogP contribution in [0.3, 0.4) is 0 Å². The minimum atomic E-state index is -3.72. The van der Waals surface area contributed by atoms with Crippen LogP contribution in [-0.4, -0.2) is 74.6 Å². The van der Waals surface area contributed by atoms with Gasteiger partial charge in [-0.2, -0.15) is 4.31 Å². The van der Waals surface area contributed by atoms with Crippen LogP contribution in [0.2, 0.25) is 0 Å². The third-order valence-electron chi connectivity index (χ3n) is 4.43. The van der Waals surface area contributed by atoms with Crippen LogP contribution in [0.5, 0.6) is 0 Å². The van der Waals surface area contributed by atoms with Gasteiger partial charge in [-0.15, -0.1) is 0 Å². The summed E-state index contributed by atoms with van der Waals surface area (Å²) in [4.78, 5) is 13.3. The van der Waals surface area contributed by atoms with E-state index in [0.29, 0.717) is 26.3 Å². The molecule has 2 atom stereocenters. The maximum atomic E-state index is 12.9. The van der Waals surface area contributed by atoms with E-state index in [9.17, 15) is 13.2 Å². The van der Waals surface area contributed by atoms with Crippen molar-refractivity contribution >= 4 is 16.0 Å². The Morgan fingerprint density at radius 2 is 2.04 bits per heavy atom. The summed E-state index contributed by atoms with van der Waals surface area (Å²) < 4.78 is 32.9. The molecular formula is C15H20N2O5S. The molecule has 0 aromatic heterocycles. The van der Waals surface area contributed by atoms with Crippen LogP contribution < -0.4 is 0 Å². The first-order chi connectivity index (χ1) is 10.9. The van der Waals surface area contributed by atoms with Crippen LogP contribution in [0.4, 0.5) is 0 Å². The maximum absolute atomic E-state index is 12.9. The van der Waals surface area contributed by atoms with Gasteiger partial charge in [0.2, 0.25) is 10.0 Å². The van der Waals surface area contributed by atoms with Gasteiger partial charge in [-0.1, -0.05) is 6.07 Å². The first kappa shape index (κ1) is 16.4. The summed E-state index contributed by atoms with van der Waals surface area (Å²) in [6.07, 6.45) is 0. The molecule has 2 bridgehead atoms. The number of carbonyl (C=O) groups is 1. The molecule has 1 N–H and O–H groups in total. The number of rotatable bonds is 3. The normalized spacial score (nSPS) is 26.7.